The zero-order valence-electron chi connectivity index (χ0n) is 51.0. The number of carboxylic acids is 1. The van der Waals surface area contributed by atoms with Crippen LogP contribution in [0.3, 0.4) is 0 Å². The fourth-order valence-electron chi connectivity index (χ4n) is 9.30. The molecule has 6 atom stereocenters. The van der Waals surface area contributed by atoms with Crippen molar-refractivity contribution in [3.63, 3.8) is 0 Å². The second kappa shape index (κ2) is 56.1. The lowest BCUT2D eigenvalue weighted by molar-refractivity contribution is -0.301. The van der Waals surface area contributed by atoms with E-state index in [9.17, 15) is 34.5 Å². The van der Waals surface area contributed by atoms with E-state index in [1.165, 1.54) is 83.5 Å². The van der Waals surface area contributed by atoms with Crippen LogP contribution in [0.4, 0.5) is 0 Å². The van der Waals surface area contributed by atoms with E-state index in [1.54, 1.807) is 0 Å². The number of hydrogen-bond donors (Lipinski definition) is 3. The van der Waals surface area contributed by atoms with Gasteiger partial charge in [0, 0.05) is 19.3 Å². The minimum atomic E-state index is -1.92. The number of aliphatic hydroxyl groups excluding tert-OH is 2. The fourth-order valence-corrected chi connectivity index (χ4v) is 9.30. The molecule has 0 radical (unpaired) electrons. The van der Waals surface area contributed by atoms with Crippen molar-refractivity contribution in [1.29, 1.82) is 0 Å². The first kappa shape index (κ1) is 74.7. The molecule has 0 bridgehead atoms. The van der Waals surface area contributed by atoms with Gasteiger partial charge in [-0.05, 0) is 89.9 Å². The van der Waals surface area contributed by atoms with Crippen LogP contribution in [-0.2, 0) is 42.9 Å². The Balaban J connectivity index is 2.70. The lowest BCUT2D eigenvalue weighted by atomic mass is 9.98. The lowest BCUT2D eigenvalue weighted by Crippen LogP contribution is -2.61. The third kappa shape index (κ3) is 45.8. The summed E-state index contributed by atoms with van der Waals surface area (Å²) in [6.45, 7) is 5.74. The monoisotopic (exact) mass is 1130 g/mol. The molecule has 81 heavy (non-hydrogen) atoms. The van der Waals surface area contributed by atoms with Crippen LogP contribution >= 0.6 is 0 Å². The highest BCUT2D eigenvalue weighted by atomic mass is 16.7. The van der Waals surface area contributed by atoms with Crippen molar-refractivity contribution in [2.24, 2.45) is 0 Å². The number of rotatable bonds is 54. The zero-order valence-corrected chi connectivity index (χ0v) is 51.0. The molecule has 1 fully saturated rings. The smallest absolute Gasteiger partial charge is 0.335 e. The Kier molecular flexibility index (Phi) is 51.7. The molecule has 6 unspecified atom stereocenters. The quantitative estimate of drug-likeness (QED) is 0.0228. The Morgan fingerprint density at radius 2 is 0.790 bits per heavy atom. The molecule has 1 rings (SSSR count). The molecular formula is C69H114O12. The van der Waals surface area contributed by atoms with Gasteiger partial charge in [0.1, 0.15) is 18.8 Å². The van der Waals surface area contributed by atoms with Gasteiger partial charge in [-0.3, -0.25) is 14.4 Å². The zero-order chi connectivity index (χ0) is 58.9. The van der Waals surface area contributed by atoms with Gasteiger partial charge in [-0.25, -0.2) is 4.79 Å². The summed E-state index contributed by atoms with van der Waals surface area (Å²) >= 11 is 0. The van der Waals surface area contributed by atoms with E-state index in [-0.39, 0.29) is 25.9 Å². The number of esters is 3. The minimum Gasteiger partial charge on any atom is -0.479 e. The highest BCUT2D eigenvalue weighted by Gasteiger charge is 2.50. The number of carbonyl (C=O) groups is 4. The van der Waals surface area contributed by atoms with Gasteiger partial charge in [0.15, 0.2) is 24.6 Å². The van der Waals surface area contributed by atoms with Crippen molar-refractivity contribution in [3.05, 3.63) is 97.2 Å². The highest BCUT2D eigenvalue weighted by molar-refractivity contribution is 5.74. The van der Waals surface area contributed by atoms with Crippen LogP contribution in [-0.4, -0.2) is 89.2 Å². The van der Waals surface area contributed by atoms with Crippen LogP contribution in [0.1, 0.15) is 265 Å². The average Bonchev–Trinajstić information content (AvgIpc) is 3.53. The van der Waals surface area contributed by atoms with Gasteiger partial charge in [0.05, 0.1) is 6.61 Å². The molecule has 1 aliphatic rings. The number of hydrogen-bond acceptors (Lipinski definition) is 11. The van der Waals surface area contributed by atoms with Gasteiger partial charge in [-0.2, -0.15) is 0 Å². The number of aliphatic carboxylic acids is 1. The van der Waals surface area contributed by atoms with Crippen molar-refractivity contribution in [2.75, 3.05) is 13.2 Å². The summed E-state index contributed by atoms with van der Waals surface area (Å²) in [5.41, 5.74) is 0. The molecule has 0 aromatic rings. The molecule has 1 saturated heterocycles. The van der Waals surface area contributed by atoms with Crippen molar-refractivity contribution in [2.45, 2.75) is 302 Å². The molecule has 12 heteroatoms. The summed E-state index contributed by atoms with van der Waals surface area (Å²) in [6, 6.07) is 0. The Bertz CT molecular complexity index is 1780. The van der Waals surface area contributed by atoms with E-state index in [1.807, 2.05) is 6.08 Å². The number of ether oxygens (including phenoxy) is 5. The summed E-state index contributed by atoms with van der Waals surface area (Å²) in [5.74, 6) is -3.20. The average molecular weight is 1140 g/mol. The SMILES string of the molecule is CC/C=C\C/C=C\C/C=C\C/C=C\C/C=C\CCCC(=O)OCC(COC1OC(C(=O)O)C(O)C(O)C1OC(=O)CCCCCCCCC/C=C\C/C=C\C/C=C\CC)OC(=O)CCCCCCCCCCCCCCCCCCC. The molecule has 0 aromatic heterocycles. The van der Waals surface area contributed by atoms with E-state index >= 15 is 0 Å². The summed E-state index contributed by atoms with van der Waals surface area (Å²) in [4.78, 5) is 51.3. The first-order valence-electron chi connectivity index (χ1n) is 32.2. The number of carbonyl (C=O) groups excluding carboxylic acids is 3. The van der Waals surface area contributed by atoms with Crippen LogP contribution in [0.2, 0.25) is 0 Å². The van der Waals surface area contributed by atoms with Crippen molar-refractivity contribution >= 4 is 23.9 Å². The Morgan fingerprint density at radius 1 is 0.420 bits per heavy atom. The van der Waals surface area contributed by atoms with Crippen molar-refractivity contribution in [1.82, 2.24) is 0 Å². The third-order valence-electron chi connectivity index (χ3n) is 14.2. The Labute approximate surface area is 492 Å². The molecule has 12 nitrogen and oxygen atoms in total. The highest BCUT2D eigenvalue weighted by Crippen LogP contribution is 2.27. The van der Waals surface area contributed by atoms with E-state index in [4.69, 9.17) is 23.7 Å². The van der Waals surface area contributed by atoms with E-state index in [0.717, 1.165) is 116 Å². The maximum atomic E-state index is 13.2. The molecule has 0 spiro atoms. The summed E-state index contributed by atoms with van der Waals surface area (Å²) in [5, 5.41) is 31.6. The van der Waals surface area contributed by atoms with E-state index < -0.39 is 67.3 Å². The molecule has 0 aliphatic carbocycles. The lowest BCUT2D eigenvalue weighted by Gasteiger charge is -2.40. The third-order valence-corrected chi connectivity index (χ3v) is 14.2. The molecule has 1 heterocycles. The van der Waals surface area contributed by atoms with Gasteiger partial charge in [-0.15, -0.1) is 0 Å². The summed E-state index contributed by atoms with van der Waals surface area (Å²) in [7, 11) is 0. The van der Waals surface area contributed by atoms with Gasteiger partial charge in [0.2, 0.25) is 0 Å². The van der Waals surface area contributed by atoms with Gasteiger partial charge < -0.3 is 39.0 Å². The molecule has 462 valence electrons. The molecule has 0 amide bonds. The second-order valence-electron chi connectivity index (χ2n) is 21.6. The number of unbranched alkanes of at least 4 members (excludes halogenated alkanes) is 24. The van der Waals surface area contributed by atoms with Gasteiger partial charge in [0.25, 0.3) is 0 Å². The van der Waals surface area contributed by atoms with Crippen LogP contribution in [0, 0.1) is 0 Å². The largest absolute Gasteiger partial charge is 0.479 e. The molecular weight excluding hydrogens is 1020 g/mol. The molecule has 3 N–H and O–H groups in total. The van der Waals surface area contributed by atoms with Gasteiger partial charge >= 0.3 is 23.9 Å². The molecule has 1 aliphatic heterocycles. The number of allylic oxidation sites excluding steroid dienone is 16. The normalized spacial score (nSPS) is 18.4. The maximum Gasteiger partial charge on any atom is 0.335 e. The standard InChI is InChI=1S/C69H114O12/c1-4-7-10-13-16-19-22-25-28-31-34-37-40-43-46-49-52-55-61(70)77-58-60(79-62(71)56-53-50-47-44-41-38-35-32-29-26-23-20-17-14-11-8-5-2)59-78-69-67(65(74)64(73)66(81-69)68(75)76)80-63(72)57-54-51-48-45-42-39-36-33-30-27-24-21-18-15-12-9-6-3/h7,9-10,12,16,18-19,21,25,27-28,30,34,37,43,46,60,64-67,69,73-74H,4-6,8,11,13-15,17,20,22-24,26,29,31-33,35-36,38-42,44-45,47-59H2,1-3H3,(H,75,76)/b10-7-,12-9-,19-16-,21-18-,28-25-,30-27-,37-34-,46-43-. The number of aliphatic hydroxyl groups is 2. The topological polar surface area (TPSA) is 175 Å². The molecule has 0 saturated carbocycles. The first-order valence-corrected chi connectivity index (χ1v) is 32.2. The Hall–Kier alpha value is -4.36. The van der Waals surface area contributed by atoms with E-state index in [2.05, 4.69) is 112 Å². The van der Waals surface area contributed by atoms with Crippen LogP contribution in [0.15, 0.2) is 97.2 Å². The predicted octanol–water partition coefficient (Wildman–Crippen LogP) is 17.2. The number of carboxylic acid groups (broad SMARTS) is 1. The van der Waals surface area contributed by atoms with Crippen LogP contribution in [0.5, 0.6) is 0 Å². The first-order chi connectivity index (χ1) is 39.6. The van der Waals surface area contributed by atoms with E-state index in [0.29, 0.717) is 25.7 Å². The fraction of sp³-hybridized carbons (Fsp3) is 0.710. The van der Waals surface area contributed by atoms with Crippen molar-refractivity contribution < 1.29 is 58.2 Å². The molecule has 0 aromatic carbocycles. The summed E-state index contributed by atoms with van der Waals surface area (Å²) < 4.78 is 28.5. The second-order valence-corrected chi connectivity index (χ2v) is 21.6. The maximum absolute atomic E-state index is 13.2. The minimum absolute atomic E-state index is 0.0409. The Morgan fingerprint density at radius 3 is 1.22 bits per heavy atom. The van der Waals surface area contributed by atoms with Crippen molar-refractivity contribution in [3.8, 4) is 0 Å². The van der Waals surface area contributed by atoms with Crippen LogP contribution < -0.4 is 0 Å². The predicted molar refractivity (Wildman–Crippen MR) is 331 cm³/mol. The van der Waals surface area contributed by atoms with Crippen LogP contribution in [0.25, 0.3) is 0 Å². The summed E-state index contributed by atoms with van der Waals surface area (Å²) in [6.07, 6.45) is 62.3. The van der Waals surface area contributed by atoms with Gasteiger partial charge in [-0.1, -0.05) is 253 Å².